The van der Waals surface area contributed by atoms with Gasteiger partial charge < -0.3 is 15.2 Å². The molecule has 188 valence electrons. The van der Waals surface area contributed by atoms with Gasteiger partial charge in [0.15, 0.2) is 5.96 Å². The van der Waals surface area contributed by atoms with Crippen LogP contribution in [0.1, 0.15) is 30.4 Å². The minimum atomic E-state index is -3.98. The van der Waals surface area contributed by atoms with Crippen LogP contribution < -0.4 is 20.1 Å². The third-order valence-electron chi connectivity index (χ3n) is 5.26. The molecule has 0 bridgehead atoms. The molecule has 35 heavy (non-hydrogen) atoms. The molecule has 3 rings (SSSR count). The fourth-order valence-corrected chi connectivity index (χ4v) is 4.53. The van der Waals surface area contributed by atoms with E-state index in [-0.39, 0.29) is 17.2 Å². The van der Waals surface area contributed by atoms with Crippen LogP contribution in [-0.2, 0) is 26.0 Å². The molecule has 1 atom stereocenters. The van der Waals surface area contributed by atoms with Gasteiger partial charge in [-0.1, -0.05) is 29.8 Å². The van der Waals surface area contributed by atoms with Crippen molar-refractivity contribution >= 4 is 27.9 Å². The second-order valence-electron chi connectivity index (χ2n) is 8.18. The topological polar surface area (TPSA) is 146 Å². The van der Waals surface area contributed by atoms with Gasteiger partial charge in [0.05, 0.1) is 11.5 Å². The molecule has 1 heterocycles. The lowest BCUT2D eigenvalue weighted by Gasteiger charge is -2.16. The second-order valence-corrected chi connectivity index (χ2v) is 9.90. The number of ether oxygens (including phenoxy) is 1. The molecule has 11 heteroatoms. The summed E-state index contributed by atoms with van der Waals surface area (Å²) >= 11 is 0. The zero-order valence-corrected chi connectivity index (χ0v) is 20.3. The summed E-state index contributed by atoms with van der Waals surface area (Å²) in [5.41, 5.74) is 1.53. The Balaban J connectivity index is 1.47. The van der Waals surface area contributed by atoms with E-state index in [1.165, 1.54) is 12.1 Å². The van der Waals surface area contributed by atoms with Gasteiger partial charge in [0.25, 0.3) is 0 Å². The fourth-order valence-electron chi connectivity index (χ4n) is 3.34. The van der Waals surface area contributed by atoms with Crippen LogP contribution in [0.25, 0.3) is 0 Å². The van der Waals surface area contributed by atoms with Crippen molar-refractivity contribution in [2.45, 2.75) is 43.5 Å². The van der Waals surface area contributed by atoms with Crippen LogP contribution in [0, 0.1) is 6.92 Å². The number of benzene rings is 2. The zero-order chi connectivity index (χ0) is 25.3. The largest absolute Gasteiger partial charge is 0.494 e. The summed E-state index contributed by atoms with van der Waals surface area (Å²) in [6.07, 6.45) is 1.73. The highest BCUT2D eigenvalue weighted by Crippen LogP contribution is 2.16. The molecule has 0 aromatic heterocycles. The van der Waals surface area contributed by atoms with Crippen LogP contribution in [-0.4, -0.2) is 57.1 Å². The third-order valence-corrected chi connectivity index (χ3v) is 6.75. The number of guanidine groups is 1. The zero-order valence-electron chi connectivity index (χ0n) is 19.5. The molecule has 0 saturated carbocycles. The lowest BCUT2D eigenvalue weighted by atomic mass is 10.1. The molecule has 2 aromatic rings. The average Bonchev–Trinajstić information content (AvgIpc) is 2.83. The van der Waals surface area contributed by atoms with E-state index < -0.39 is 22.0 Å². The summed E-state index contributed by atoms with van der Waals surface area (Å²) in [5.74, 6) is -0.322. The number of rotatable bonds is 11. The van der Waals surface area contributed by atoms with Crippen molar-refractivity contribution < 1.29 is 27.9 Å². The number of nitrogens with one attached hydrogen (secondary N) is 3. The summed E-state index contributed by atoms with van der Waals surface area (Å²) in [6, 6.07) is 11.6. The molecule has 0 saturated heterocycles. The lowest BCUT2D eigenvalue weighted by Crippen LogP contribution is -2.43. The molecule has 4 N–H and O–H groups in total. The number of aliphatic imine (C=N–C) groups is 1. The van der Waals surface area contributed by atoms with Crippen LogP contribution in [0.15, 0.2) is 58.4 Å². The van der Waals surface area contributed by atoms with E-state index in [1.807, 2.05) is 6.92 Å². The SMILES string of the molecule is Cc1ccc(S(=O)(=O)N[C@@H](Cc2ccc(OCCCC(=O)NC3=NCCCN3)cc2)C(=O)O)cc1. The van der Waals surface area contributed by atoms with Crippen LogP contribution in [0.2, 0.25) is 0 Å². The number of aliphatic carboxylic acids is 1. The van der Waals surface area contributed by atoms with E-state index in [0.29, 0.717) is 43.3 Å². The highest BCUT2D eigenvalue weighted by molar-refractivity contribution is 7.89. The number of sulfonamides is 1. The Hall–Kier alpha value is -3.44. The highest BCUT2D eigenvalue weighted by atomic mass is 32.2. The number of carboxylic acid groups (broad SMARTS) is 1. The fraction of sp³-hybridized carbons (Fsp3) is 0.375. The van der Waals surface area contributed by atoms with Gasteiger partial charge >= 0.3 is 5.97 Å². The number of carbonyl (C=O) groups is 2. The summed E-state index contributed by atoms with van der Waals surface area (Å²) in [4.78, 5) is 27.8. The van der Waals surface area contributed by atoms with E-state index in [1.54, 1.807) is 36.4 Å². The predicted molar refractivity (Wildman–Crippen MR) is 131 cm³/mol. The van der Waals surface area contributed by atoms with Crippen LogP contribution in [0.3, 0.4) is 0 Å². The molecule has 0 aliphatic carbocycles. The van der Waals surface area contributed by atoms with E-state index >= 15 is 0 Å². The van der Waals surface area contributed by atoms with E-state index in [4.69, 9.17) is 4.74 Å². The molecule has 0 radical (unpaired) electrons. The Morgan fingerprint density at radius 1 is 1.14 bits per heavy atom. The maximum Gasteiger partial charge on any atom is 0.322 e. The van der Waals surface area contributed by atoms with Crippen LogP contribution >= 0.6 is 0 Å². The molecule has 0 spiro atoms. The highest BCUT2D eigenvalue weighted by Gasteiger charge is 2.25. The van der Waals surface area contributed by atoms with E-state index in [9.17, 15) is 23.1 Å². The molecule has 1 aliphatic heterocycles. The Morgan fingerprint density at radius 2 is 1.86 bits per heavy atom. The average molecular weight is 503 g/mol. The van der Waals surface area contributed by atoms with Crippen molar-refractivity contribution in [3.05, 3.63) is 59.7 Å². The first kappa shape index (κ1) is 26.2. The van der Waals surface area contributed by atoms with Gasteiger partial charge in [0.1, 0.15) is 11.8 Å². The second kappa shape index (κ2) is 12.3. The predicted octanol–water partition coefficient (Wildman–Crippen LogP) is 1.59. The molecule has 0 fully saturated rings. The van der Waals surface area contributed by atoms with Crippen molar-refractivity contribution in [1.82, 2.24) is 15.4 Å². The maximum absolute atomic E-state index is 12.6. The lowest BCUT2D eigenvalue weighted by molar-refractivity contribution is -0.139. The van der Waals surface area contributed by atoms with Gasteiger partial charge in [-0.3, -0.25) is 19.9 Å². The third kappa shape index (κ3) is 8.37. The molecular formula is C24H30N4O6S. The van der Waals surface area contributed by atoms with Gasteiger partial charge in [-0.05, 0) is 56.0 Å². The standard InChI is InChI=1S/C24H30N4O6S/c1-17-5-11-20(12-6-17)35(32,33)28-21(23(30)31)16-18-7-9-19(10-8-18)34-15-2-4-22(29)27-24-25-13-3-14-26-24/h5-12,21,28H,2-4,13-16H2,1H3,(H,30,31)(H2,25,26,27,29)/t21-/m0/s1. The summed E-state index contributed by atoms with van der Waals surface area (Å²) in [5, 5.41) is 15.3. The van der Waals surface area contributed by atoms with Crippen molar-refractivity contribution in [1.29, 1.82) is 0 Å². The summed E-state index contributed by atoms with van der Waals surface area (Å²) in [7, 11) is -3.98. The van der Waals surface area contributed by atoms with Gasteiger partial charge in [-0.15, -0.1) is 0 Å². The Bertz CT molecular complexity index is 1150. The first-order valence-corrected chi connectivity index (χ1v) is 12.8. The number of carboxylic acids is 1. The molecule has 10 nitrogen and oxygen atoms in total. The van der Waals surface area contributed by atoms with Gasteiger partial charge in [-0.2, -0.15) is 4.72 Å². The van der Waals surface area contributed by atoms with Crippen LogP contribution in [0.4, 0.5) is 0 Å². The van der Waals surface area contributed by atoms with E-state index in [2.05, 4.69) is 20.3 Å². The maximum atomic E-state index is 12.6. The first-order chi connectivity index (χ1) is 16.7. The molecule has 2 aromatic carbocycles. The Labute approximate surface area is 204 Å². The van der Waals surface area contributed by atoms with Gasteiger partial charge in [0, 0.05) is 19.5 Å². The molecule has 1 amide bonds. The van der Waals surface area contributed by atoms with Gasteiger partial charge in [-0.25, -0.2) is 8.42 Å². The van der Waals surface area contributed by atoms with Crippen molar-refractivity contribution in [2.75, 3.05) is 19.7 Å². The molecular weight excluding hydrogens is 472 g/mol. The van der Waals surface area contributed by atoms with Crippen molar-refractivity contribution in [2.24, 2.45) is 4.99 Å². The molecule has 1 aliphatic rings. The van der Waals surface area contributed by atoms with E-state index in [0.717, 1.165) is 18.5 Å². The number of hydrogen-bond donors (Lipinski definition) is 4. The number of hydrogen-bond acceptors (Lipinski definition) is 7. The molecule has 0 unspecified atom stereocenters. The summed E-state index contributed by atoms with van der Waals surface area (Å²) < 4.78 is 33.1. The van der Waals surface area contributed by atoms with Crippen LogP contribution in [0.5, 0.6) is 5.75 Å². The number of carbonyl (C=O) groups excluding carboxylic acids is 1. The monoisotopic (exact) mass is 502 g/mol. The number of nitrogens with zero attached hydrogens (tertiary/aromatic N) is 1. The van der Waals surface area contributed by atoms with Crippen molar-refractivity contribution in [3.8, 4) is 5.75 Å². The normalized spacial score (nSPS) is 14.4. The minimum absolute atomic E-state index is 0.00905. The Kier molecular flexibility index (Phi) is 9.21. The minimum Gasteiger partial charge on any atom is -0.494 e. The smallest absolute Gasteiger partial charge is 0.322 e. The summed E-state index contributed by atoms with van der Waals surface area (Å²) in [6.45, 7) is 3.66. The Morgan fingerprint density at radius 3 is 2.49 bits per heavy atom. The number of aryl methyl sites for hydroxylation is 1. The van der Waals surface area contributed by atoms with Crippen molar-refractivity contribution in [3.63, 3.8) is 0 Å². The van der Waals surface area contributed by atoms with Gasteiger partial charge in [0.2, 0.25) is 15.9 Å². The quantitative estimate of drug-likeness (QED) is 0.341. The number of amides is 1. The first-order valence-electron chi connectivity index (χ1n) is 11.3.